The molecule has 4 heterocycles. The Labute approximate surface area is 207 Å². The standard InChI is InChI=1S/C28H35N3O4/c1-2-34-26(32)18-24(22-9-8-19-13-16-35-25(19)17-22)31-15-12-21(28(31)33)5-3-7-23-11-10-20-6-4-14-29-27(20)30-23/h6,8-11,17,21,23-24H,2-5,7,12-16,18H2,1H3,(H,29,30)/t21?,23-,24?/m0/s1. The molecule has 1 fully saturated rings. The van der Waals surface area contributed by atoms with Gasteiger partial charge in [-0.05, 0) is 49.8 Å². The lowest BCUT2D eigenvalue weighted by atomic mass is 9.96. The fourth-order valence-electron chi connectivity index (χ4n) is 5.56. The van der Waals surface area contributed by atoms with Crippen LogP contribution in [-0.4, -0.2) is 55.0 Å². The van der Waals surface area contributed by atoms with E-state index in [4.69, 9.17) is 14.5 Å². The van der Waals surface area contributed by atoms with Gasteiger partial charge in [0.05, 0.1) is 31.7 Å². The number of rotatable bonds is 9. The van der Waals surface area contributed by atoms with E-state index >= 15 is 0 Å². The minimum Gasteiger partial charge on any atom is -0.493 e. The molecule has 0 aromatic heterocycles. The van der Waals surface area contributed by atoms with Gasteiger partial charge in [-0.1, -0.05) is 36.8 Å². The van der Waals surface area contributed by atoms with Gasteiger partial charge in [-0.2, -0.15) is 0 Å². The average Bonchev–Trinajstić information content (AvgIpc) is 3.49. The summed E-state index contributed by atoms with van der Waals surface area (Å²) in [4.78, 5) is 32.6. The third-order valence-corrected chi connectivity index (χ3v) is 7.42. The molecule has 0 spiro atoms. The van der Waals surface area contributed by atoms with Crippen molar-refractivity contribution in [2.45, 2.75) is 64.0 Å². The van der Waals surface area contributed by atoms with Crippen molar-refractivity contribution >= 4 is 17.7 Å². The zero-order valence-corrected chi connectivity index (χ0v) is 20.5. The molecule has 2 unspecified atom stereocenters. The molecular formula is C28H35N3O4. The van der Waals surface area contributed by atoms with Gasteiger partial charge in [0.1, 0.15) is 11.6 Å². The summed E-state index contributed by atoms with van der Waals surface area (Å²) in [6.45, 7) is 4.43. The minimum atomic E-state index is -0.323. The number of aliphatic imine (C=N–C) groups is 1. The van der Waals surface area contributed by atoms with Crippen molar-refractivity contribution in [1.82, 2.24) is 10.2 Å². The molecule has 1 amide bonds. The summed E-state index contributed by atoms with van der Waals surface area (Å²) in [5.41, 5.74) is 3.32. The smallest absolute Gasteiger partial charge is 0.308 e. The molecule has 7 nitrogen and oxygen atoms in total. The van der Waals surface area contributed by atoms with Gasteiger partial charge < -0.3 is 19.7 Å². The Bertz CT molecular complexity index is 1060. The Kier molecular flexibility index (Phi) is 7.21. The Balaban J connectivity index is 1.22. The number of esters is 1. The molecule has 1 N–H and O–H groups in total. The third kappa shape index (κ3) is 5.29. The highest BCUT2D eigenvalue weighted by Crippen LogP contribution is 2.37. The first-order chi connectivity index (χ1) is 17.1. The predicted molar refractivity (Wildman–Crippen MR) is 134 cm³/mol. The number of hydrogen-bond donors (Lipinski definition) is 1. The van der Waals surface area contributed by atoms with E-state index in [2.05, 4.69) is 29.6 Å². The van der Waals surface area contributed by atoms with Crippen molar-refractivity contribution < 1.29 is 19.1 Å². The maximum atomic E-state index is 13.4. The number of fused-ring (bicyclic) bond motifs is 2. The van der Waals surface area contributed by atoms with E-state index in [1.54, 1.807) is 6.92 Å². The second kappa shape index (κ2) is 10.7. The number of hydrogen-bond acceptors (Lipinski definition) is 6. The topological polar surface area (TPSA) is 80.2 Å². The van der Waals surface area contributed by atoms with Crippen LogP contribution in [0.5, 0.6) is 5.75 Å². The Morgan fingerprint density at radius 3 is 3.14 bits per heavy atom. The van der Waals surface area contributed by atoms with Crippen LogP contribution in [0.1, 0.15) is 62.6 Å². The Morgan fingerprint density at radius 2 is 2.26 bits per heavy atom. The Hall–Kier alpha value is -3.09. The van der Waals surface area contributed by atoms with Gasteiger partial charge in [0.2, 0.25) is 5.91 Å². The van der Waals surface area contributed by atoms with E-state index in [0.29, 0.717) is 19.8 Å². The Morgan fingerprint density at radius 1 is 1.34 bits per heavy atom. The fourth-order valence-corrected chi connectivity index (χ4v) is 5.56. The third-order valence-electron chi connectivity index (χ3n) is 7.42. The molecule has 1 aromatic carbocycles. The second-order valence-corrected chi connectivity index (χ2v) is 9.72. The van der Waals surface area contributed by atoms with Gasteiger partial charge in [-0.15, -0.1) is 0 Å². The van der Waals surface area contributed by atoms with Crippen LogP contribution in [0.2, 0.25) is 0 Å². The molecule has 1 aromatic rings. The zero-order chi connectivity index (χ0) is 24.2. The van der Waals surface area contributed by atoms with Crippen molar-refractivity contribution in [1.29, 1.82) is 0 Å². The van der Waals surface area contributed by atoms with Crippen LogP contribution in [-0.2, 0) is 20.7 Å². The molecular weight excluding hydrogens is 442 g/mol. The largest absolute Gasteiger partial charge is 0.493 e. The molecule has 4 aliphatic heterocycles. The summed E-state index contributed by atoms with van der Waals surface area (Å²) < 4.78 is 11.0. The summed E-state index contributed by atoms with van der Waals surface area (Å²) in [6.07, 6.45) is 12.2. The number of nitrogens with one attached hydrogen (secondary N) is 1. The van der Waals surface area contributed by atoms with Crippen LogP contribution in [0.3, 0.4) is 0 Å². The van der Waals surface area contributed by atoms with Gasteiger partial charge in [0, 0.05) is 31.0 Å². The number of dihydropyridines is 1. The highest BCUT2D eigenvalue weighted by atomic mass is 16.5. The zero-order valence-electron chi connectivity index (χ0n) is 20.5. The molecule has 0 aliphatic carbocycles. The van der Waals surface area contributed by atoms with E-state index in [1.165, 1.54) is 11.1 Å². The molecule has 5 rings (SSSR count). The average molecular weight is 478 g/mol. The molecule has 0 radical (unpaired) electrons. The number of benzene rings is 1. The summed E-state index contributed by atoms with van der Waals surface area (Å²) in [5.74, 6) is 1.74. The van der Waals surface area contributed by atoms with Crippen LogP contribution < -0.4 is 10.1 Å². The summed E-state index contributed by atoms with van der Waals surface area (Å²) in [7, 11) is 0. The number of ether oxygens (including phenoxy) is 2. The quantitative estimate of drug-likeness (QED) is 0.546. The molecule has 0 saturated carbocycles. The number of likely N-dealkylation sites (tertiary alicyclic amines) is 1. The first-order valence-corrected chi connectivity index (χ1v) is 13.0. The first-order valence-electron chi connectivity index (χ1n) is 13.0. The van der Waals surface area contributed by atoms with E-state index < -0.39 is 0 Å². The van der Waals surface area contributed by atoms with Crippen molar-refractivity contribution in [2.75, 3.05) is 26.3 Å². The number of carbonyl (C=O) groups excluding carboxylic acids is 2. The van der Waals surface area contributed by atoms with Gasteiger partial charge >= 0.3 is 5.97 Å². The van der Waals surface area contributed by atoms with Gasteiger partial charge in [-0.25, -0.2) is 0 Å². The van der Waals surface area contributed by atoms with Crippen LogP contribution >= 0.6 is 0 Å². The molecule has 0 bridgehead atoms. The molecule has 1 saturated heterocycles. The molecule has 4 aliphatic rings. The highest BCUT2D eigenvalue weighted by molar-refractivity contribution is 6.02. The second-order valence-electron chi connectivity index (χ2n) is 9.72. The SMILES string of the molecule is CCOC(=O)CC(c1ccc2c(c1)OCC2)N1CCC(CCC[C@H]2C=CC3=CCCNC3=N2)C1=O. The van der Waals surface area contributed by atoms with Crippen LogP contribution in [0, 0.1) is 5.92 Å². The van der Waals surface area contributed by atoms with E-state index in [0.717, 1.165) is 62.2 Å². The van der Waals surface area contributed by atoms with Crippen molar-refractivity contribution in [3.63, 3.8) is 0 Å². The fraction of sp³-hybridized carbons (Fsp3) is 0.536. The van der Waals surface area contributed by atoms with Crippen LogP contribution in [0.4, 0.5) is 0 Å². The van der Waals surface area contributed by atoms with Crippen molar-refractivity contribution in [3.8, 4) is 5.75 Å². The molecule has 35 heavy (non-hydrogen) atoms. The predicted octanol–water partition coefficient (Wildman–Crippen LogP) is 3.89. The summed E-state index contributed by atoms with van der Waals surface area (Å²) in [6, 6.07) is 5.95. The van der Waals surface area contributed by atoms with Crippen LogP contribution in [0.15, 0.2) is 47.0 Å². The lowest BCUT2D eigenvalue weighted by Gasteiger charge is -2.28. The summed E-state index contributed by atoms with van der Waals surface area (Å²) in [5, 5.41) is 3.39. The number of nitrogens with zero attached hydrogens (tertiary/aromatic N) is 2. The molecule has 7 heteroatoms. The maximum Gasteiger partial charge on any atom is 0.308 e. The van der Waals surface area contributed by atoms with E-state index in [-0.39, 0.29) is 36.3 Å². The number of carbonyl (C=O) groups is 2. The molecule has 3 atom stereocenters. The monoisotopic (exact) mass is 477 g/mol. The van der Waals surface area contributed by atoms with E-state index in [1.807, 2.05) is 17.0 Å². The van der Waals surface area contributed by atoms with Crippen molar-refractivity contribution in [2.24, 2.45) is 10.9 Å². The summed E-state index contributed by atoms with van der Waals surface area (Å²) >= 11 is 0. The first kappa shape index (κ1) is 23.6. The van der Waals surface area contributed by atoms with Crippen molar-refractivity contribution in [3.05, 3.63) is 53.1 Å². The number of amides is 1. The lowest BCUT2D eigenvalue weighted by molar-refractivity contribution is -0.145. The number of amidine groups is 1. The van der Waals surface area contributed by atoms with E-state index in [9.17, 15) is 9.59 Å². The van der Waals surface area contributed by atoms with Gasteiger partial charge in [-0.3, -0.25) is 14.6 Å². The maximum absolute atomic E-state index is 13.4. The van der Waals surface area contributed by atoms with Gasteiger partial charge in [0.15, 0.2) is 0 Å². The lowest BCUT2D eigenvalue weighted by Crippen LogP contribution is -2.33. The minimum absolute atomic E-state index is 0.00569. The van der Waals surface area contributed by atoms with Crippen LogP contribution in [0.25, 0.3) is 0 Å². The highest BCUT2D eigenvalue weighted by Gasteiger charge is 2.37. The van der Waals surface area contributed by atoms with Gasteiger partial charge in [0.25, 0.3) is 0 Å². The normalized spacial score (nSPS) is 23.6. The molecule has 186 valence electrons.